The summed E-state index contributed by atoms with van der Waals surface area (Å²) >= 11 is 0. The van der Waals surface area contributed by atoms with Crippen LogP contribution in [0.15, 0.2) is 48.5 Å². The maximum absolute atomic E-state index is 12.7. The molecule has 2 rings (SSSR count). The van der Waals surface area contributed by atoms with Gasteiger partial charge in [0.25, 0.3) is 5.69 Å². The van der Waals surface area contributed by atoms with Crippen molar-refractivity contribution in [3.63, 3.8) is 0 Å². The molecular formula is C19H15F3N4O3. The van der Waals surface area contributed by atoms with Crippen LogP contribution in [0.2, 0.25) is 0 Å². The van der Waals surface area contributed by atoms with Crippen molar-refractivity contribution in [3.8, 4) is 6.07 Å². The largest absolute Gasteiger partial charge is 0.416 e. The minimum Gasteiger partial charge on any atom is -0.378 e. The number of carbonyl (C=O) groups excluding carboxylic acids is 1. The highest BCUT2D eigenvalue weighted by Crippen LogP contribution is 2.34. The van der Waals surface area contributed by atoms with Crippen molar-refractivity contribution < 1.29 is 22.9 Å². The van der Waals surface area contributed by atoms with Gasteiger partial charge in [0.15, 0.2) is 0 Å². The molecule has 0 aliphatic carbocycles. The fraction of sp³-hybridized carbons (Fsp3) is 0.158. The summed E-state index contributed by atoms with van der Waals surface area (Å²) in [6, 6.07) is 10.7. The molecule has 29 heavy (non-hydrogen) atoms. The van der Waals surface area contributed by atoms with Crippen LogP contribution in [-0.2, 0) is 11.0 Å². The predicted molar refractivity (Wildman–Crippen MR) is 99.8 cm³/mol. The number of hydrogen-bond donors (Lipinski definition) is 2. The van der Waals surface area contributed by atoms with E-state index in [1.54, 1.807) is 30.3 Å². The van der Waals surface area contributed by atoms with E-state index in [0.717, 1.165) is 17.7 Å². The Balaban J connectivity index is 1.88. The van der Waals surface area contributed by atoms with Crippen molar-refractivity contribution in [3.05, 3.63) is 75.3 Å². The first-order chi connectivity index (χ1) is 13.7. The second kappa shape index (κ2) is 9.36. The Hall–Kier alpha value is -3.87. The number of nitriles is 1. The average molecular weight is 404 g/mol. The molecule has 7 nitrogen and oxygen atoms in total. The van der Waals surface area contributed by atoms with E-state index in [2.05, 4.69) is 10.6 Å². The van der Waals surface area contributed by atoms with Crippen LogP contribution in [0.3, 0.4) is 0 Å². The normalized spacial score (nSPS) is 11.1. The Kier molecular flexibility index (Phi) is 6.92. The number of nitrogens with zero attached hydrogens (tertiary/aromatic N) is 2. The van der Waals surface area contributed by atoms with Gasteiger partial charge < -0.3 is 10.6 Å². The molecule has 0 radical (unpaired) electrons. The van der Waals surface area contributed by atoms with E-state index in [0.29, 0.717) is 11.6 Å². The molecule has 0 saturated heterocycles. The van der Waals surface area contributed by atoms with Crippen LogP contribution in [0.5, 0.6) is 0 Å². The number of halogens is 3. The van der Waals surface area contributed by atoms with Crippen LogP contribution in [-0.4, -0.2) is 23.9 Å². The maximum Gasteiger partial charge on any atom is 0.416 e. The van der Waals surface area contributed by atoms with E-state index >= 15 is 0 Å². The number of anilines is 1. The van der Waals surface area contributed by atoms with Crippen LogP contribution in [0.25, 0.3) is 6.08 Å². The van der Waals surface area contributed by atoms with Gasteiger partial charge in [-0.1, -0.05) is 12.1 Å². The summed E-state index contributed by atoms with van der Waals surface area (Å²) < 4.78 is 38.0. The van der Waals surface area contributed by atoms with Crippen molar-refractivity contribution in [1.82, 2.24) is 5.32 Å². The molecular weight excluding hydrogens is 389 g/mol. The van der Waals surface area contributed by atoms with Gasteiger partial charge in [-0.3, -0.25) is 14.9 Å². The van der Waals surface area contributed by atoms with Gasteiger partial charge in [0.1, 0.15) is 5.69 Å². The number of nitrogens with one attached hydrogen (secondary N) is 2. The summed E-state index contributed by atoms with van der Waals surface area (Å²) in [6.07, 6.45) is -1.86. The van der Waals surface area contributed by atoms with Gasteiger partial charge in [-0.05, 0) is 35.9 Å². The number of benzene rings is 2. The molecule has 2 aromatic carbocycles. The second-order valence-corrected chi connectivity index (χ2v) is 5.77. The van der Waals surface area contributed by atoms with Crippen molar-refractivity contribution in [2.24, 2.45) is 0 Å². The van der Waals surface area contributed by atoms with Crippen molar-refractivity contribution in [2.75, 3.05) is 18.4 Å². The van der Waals surface area contributed by atoms with Gasteiger partial charge >= 0.3 is 6.18 Å². The lowest BCUT2D eigenvalue weighted by Crippen LogP contribution is -2.27. The molecule has 0 aromatic heterocycles. The number of amides is 1. The van der Waals surface area contributed by atoms with Gasteiger partial charge in [0, 0.05) is 25.2 Å². The minimum absolute atomic E-state index is 0.0721. The molecule has 0 heterocycles. The predicted octanol–water partition coefficient (Wildman–Crippen LogP) is 3.73. The third-order valence-electron chi connectivity index (χ3n) is 3.73. The van der Waals surface area contributed by atoms with Crippen molar-refractivity contribution in [2.45, 2.75) is 6.18 Å². The first kappa shape index (κ1) is 21.4. The first-order valence-corrected chi connectivity index (χ1v) is 8.26. The van der Waals surface area contributed by atoms with Crippen LogP contribution in [0.4, 0.5) is 24.5 Å². The Bertz CT molecular complexity index is 964. The molecule has 0 aliphatic heterocycles. The summed E-state index contributed by atoms with van der Waals surface area (Å²) in [5.41, 5.74) is -0.680. The molecule has 1 amide bonds. The van der Waals surface area contributed by atoms with E-state index in [1.807, 2.05) is 6.07 Å². The van der Waals surface area contributed by atoms with E-state index in [9.17, 15) is 28.1 Å². The number of rotatable bonds is 7. The highest BCUT2D eigenvalue weighted by atomic mass is 19.4. The molecule has 0 aliphatic rings. The van der Waals surface area contributed by atoms with Gasteiger partial charge in [-0.15, -0.1) is 0 Å². The van der Waals surface area contributed by atoms with Crippen LogP contribution in [0.1, 0.15) is 16.7 Å². The summed E-state index contributed by atoms with van der Waals surface area (Å²) in [6.45, 7) is 0.164. The van der Waals surface area contributed by atoms with E-state index in [1.165, 1.54) is 6.08 Å². The molecule has 2 aromatic rings. The molecule has 0 saturated carbocycles. The molecule has 0 atom stereocenters. The lowest BCUT2D eigenvalue weighted by molar-refractivity contribution is -0.384. The SMILES string of the molecule is N#Cc1ccc(/C=C/C(=O)NCCNc2ccc(C(F)(F)F)cc2[N+](=O)[O-])cc1. The fourth-order valence-corrected chi connectivity index (χ4v) is 2.29. The zero-order valence-corrected chi connectivity index (χ0v) is 14.9. The number of alkyl halides is 3. The number of nitro benzene ring substituents is 1. The topological polar surface area (TPSA) is 108 Å². The third kappa shape index (κ3) is 6.35. The van der Waals surface area contributed by atoms with E-state index in [4.69, 9.17) is 5.26 Å². The highest BCUT2D eigenvalue weighted by molar-refractivity contribution is 5.91. The van der Waals surface area contributed by atoms with Crippen molar-refractivity contribution >= 4 is 23.4 Å². The zero-order chi connectivity index (χ0) is 21.4. The summed E-state index contributed by atoms with van der Waals surface area (Å²) in [4.78, 5) is 21.9. The number of carbonyl (C=O) groups is 1. The monoisotopic (exact) mass is 404 g/mol. The highest BCUT2D eigenvalue weighted by Gasteiger charge is 2.32. The van der Waals surface area contributed by atoms with E-state index in [-0.39, 0.29) is 18.8 Å². The third-order valence-corrected chi connectivity index (χ3v) is 3.73. The van der Waals surface area contributed by atoms with Gasteiger partial charge in [0.2, 0.25) is 5.91 Å². The fourth-order valence-electron chi connectivity index (χ4n) is 2.29. The standard InChI is InChI=1S/C19H15F3N4O3/c20-19(21,22)15-6-7-16(17(11-15)26(28)29)24-9-10-25-18(27)8-5-13-1-3-14(12-23)4-2-13/h1-8,11,24H,9-10H2,(H,25,27)/b8-5+. The van der Waals surface area contributed by atoms with Gasteiger partial charge in [-0.2, -0.15) is 18.4 Å². The van der Waals surface area contributed by atoms with E-state index < -0.39 is 28.3 Å². The molecule has 150 valence electrons. The quantitative estimate of drug-likeness (QED) is 0.316. The van der Waals surface area contributed by atoms with Gasteiger partial charge in [0.05, 0.1) is 22.1 Å². The van der Waals surface area contributed by atoms with Gasteiger partial charge in [-0.25, -0.2) is 0 Å². The summed E-state index contributed by atoms with van der Waals surface area (Å²) in [5.74, 6) is -0.418. The van der Waals surface area contributed by atoms with Crippen molar-refractivity contribution in [1.29, 1.82) is 5.26 Å². The summed E-state index contributed by atoms with van der Waals surface area (Å²) in [5, 5.41) is 24.9. The molecule has 0 spiro atoms. The average Bonchev–Trinajstić information content (AvgIpc) is 2.69. The Morgan fingerprint density at radius 2 is 1.86 bits per heavy atom. The maximum atomic E-state index is 12.7. The summed E-state index contributed by atoms with van der Waals surface area (Å²) in [7, 11) is 0. The molecule has 0 unspecified atom stereocenters. The number of hydrogen-bond acceptors (Lipinski definition) is 5. The molecule has 0 fully saturated rings. The zero-order valence-electron chi connectivity index (χ0n) is 14.9. The van der Waals surface area contributed by atoms with Crippen LogP contribution in [0, 0.1) is 21.4 Å². The smallest absolute Gasteiger partial charge is 0.378 e. The number of nitro groups is 1. The lowest BCUT2D eigenvalue weighted by atomic mass is 10.1. The Labute approximate surface area is 163 Å². The first-order valence-electron chi connectivity index (χ1n) is 8.26. The Morgan fingerprint density at radius 1 is 1.17 bits per heavy atom. The minimum atomic E-state index is -4.68. The van der Waals surface area contributed by atoms with Crippen LogP contribution < -0.4 is 10.6 Å². The van der Waals surface area contributed by atoms with Crippen LogP contribution >= 0.6 is 0 Å². The Morgan fingerprint density at radius 3 is 2.45 bits per heavy atom. The molecule has 0 bridgehead atoms. The lowest BCUT2D eigenvalue weighted by Gasteiger charge is -2.10. The molecule has 10 heteroatoms. The second-order valence-electron chi connectivity index (χ2n) is 5.77. The molecule has 2 N–H and O–H groups in total.